The van der Waals surface area contributed by atoms with Gasteiger partial charge in [-0.1, -0.05) is 46.8 Å². The van der Waals surface area contributed by atoms with Crippen molar-refractivity contribution >= 4 is 57.1 Å². The highest BCUT2D eigenvalue weighted by Crippen LogP contribution is 2.33. The van der Waals surface area contributed by atoms with Crippen LogP contribution in [-0.4, -0.2) is 28.5 Å². The Bertz CT molecular complexity index is 986. The van der Waals surface area contributed by atoms with Crippen LogP contribution < -0.4 is 15.4 Å². The zero-order chi connectivity index (χ0) is 20.1. The summed E-state index contributed by atoms with van der Waals surface area (Å²) < 4.78 is 19.7. The van der Waals surface area contributed by atoms with Gasteiger partial charge in [0.05, 0.1) is 23.7 Å². The maximum atomic E-state index is 13.8. The molecule has 1 aromatic heterocycles. The summed E-state index contributed by atoms with van der Waals surface area (Å²) in [6.45, 7) is 1.71. The van der Waals surface area contributed by atoms with Crippen LogP contribution in [0.15, 0.2) is 46.8 Å². The number of carbonyl (C=O) groups excluding carboxylic acids is 1. The fourth-order valence-electron chi connectivity index (χ4n) is 2.20. The van der Waals surface area contributed by atoms with Crippen LogP contribution in [-0.2, 0) is 4.79 Å². The summed E-state index contributed by atoms with van der Waals surface area (Å²) in [4.78, 5) is 12.3. The van der Waals surface area contributed by atoms with Crippen LogP contribution in [0.1, 0.15) is 6.92 Å². The smallest absolute Gasteiger partial charge is 0.237 e. The van der Waals surface area contributed by atoms with E-state index in [-0.39, 0.29) is 16.6 Å². The van der Waals surface area contributed by atoms with E-state index in [0.717, 1.165) is 11.8 Å². The van der Waals surface area contributed by atoms with Crippen molar-refractivity contribution in [1.29, 1.82) is 0 Å². The molecule has 0 radical (unpaired) electrons. The van der Waals surface area contributed by atoms with Crippen molar-refractivity contribution in [2.45, 2.75) is 16.5 Å². The van der Waals surface area contributed by atoms with Gasteiger partial charge >= 0.3 is 0 Å². The first kappa shape index (κ1) is 20.4. The summed E-state index contributed by atoms with van der Waals surface area (Å²) >= 11 is 8.26. The van der Waals surface area contributed by atoms with Crippen molar-refractivity contribution in [3.8, 4) is 5.75 Å². The lowest BCUT2D eigenvalue weighted by Crippen LogP contribution is -2.22. The van der Waals surface area contributed by atoms with Crippen LogP contribution in [0.25, 0.3) is 0 Å². The van der Waals surface area contributed by atoms with Gasteiger partial charge in [0.1, 0.15) is 11.6 Å². The topological polar surface area (TPSA) is 76.1 Å². The number of carbonyl (C=O) groups is 1. The Morgan fingerprint density at radius 1 is 1.25 bits per heavy atom. The van der Waals surface area contributed by atoms with Crippen molar-refractivity contribution < 1.29 is 13.9 Å². The molecule has 0 bridgehead atoms. The Kier molecular flexibility index (Phi) is 6.71. The fourth-order valence-corrected chi connectivity index (χ4v) is 4.27. The number of nitrogens with zero attached hydrogens (tertiary/aromatic N) is 2. The third-order valence-electron chi connectivity index (χ3n) is 3.59. The molecule has 0 saturated carbocycles. The SMILES string of the molecule is COc1ccccc1Nc1nnc(SC(C)C(=O)Nc2ccc(Cl)cc2F)s1. The van der Waals surface area contributed by atoms with Gasteiger partial charge in [-0.3, -0.25) is 4.79 Å². The number of benzene rings is 2. The van der Waals surface area contributed by atoms with Crippen molar-refractivity contribution in [2.24, 2.45) is 0 Å². The van der Waals surface area contributed by atoms with E-state index in [9.17, 15) is 9.18 Å². The van der Waals surface area contributed by atoms with Crippen LogP contribution in [0, 0.1) is 5.82 Å². The molecule has 1 amide bonds. The summed E-state index contributed by atoms with van der Waals surface area (Å²) in [5.74, 6) is -0.248. The molecule has 3 rings (SSSR count). The third kappa shape index (κ3) is 5.12. The molecule has 146 valence electrons. The van der Waals surface area contributed by atoms with Crippen LogP contribution >= 0.6 is 34.7 Å². The molecule has 28 heavy (non-hydrogen) atoms. The van der Waals surface area contributed by atoms with E-state index >= 15 is 0 Å². The number of hydrogen-bond donors (Lipinski definition) is 2. The van der Waals surface area contributed by atoms with Crippen LogP contribution in [0.4, 0.5) is 20.9 Å². The summed E-state index contributed by atoms with van der Waals surface area (Å²) in [6.07, 6.45) is 0. The molecule has 3 aromatic rings. The molecule has 0 aliphatic carbocycles. The molecule has 6 nitrogen and oxygen atoms in total. The van der Waals surface area contributed by atoms with Crippen LogP contribution in [0.2, 0.25) is 5.02 Å². The second kappa shape index (κ2) is 9.22. The maximum absolute atomic E-state index is 13.8. The number of rotatable bonds is 7. The number of hydrogen-bond acceptors (Lipinski definition) is 7. The lowest BCUT2D eigenvalue weighted by Gasteiger charge is -2.11. The van der Waals surface area contributed by atoms with Gasteiger partial charge in [0.2, 0.25) is 11.0 Å². The number of halogens is 2. The van der Waals surface area contributed by atoms with Crippen LogP contribution in [0.5, 0.6) is 5.75 Å². The molecule has 1 unspecified atom stereocenters. The third-order valence-corrected chi connectivity index (χ3v) is 5.85. The maximum Gasteiger partial charge on any atom is 0.237 e. The predicted octanol–water partition coefficient (Wildman–Crippen LogP) is 5.20. The first-order valence-electron chi connectivity index (χ1n) is 8.12. The number of nitrogens with one attached hydrogen (secondary N) is 2. The Labute approximate surface area is 174 Å². The normalized spacial score (nSPS) is 11.7. The molecule has 2 N–H and O–H groups in total. The lowest BCUT2D eigenvalue weighted by atomic mass is 10.3. The Balaban J connectivity index is 1.61. The van der Waals surface area contributed by atoms with Gasteiger partial charge in [-0.15, -0.1) is 10.2 Å². The van der Waals surface area contributed by atoms with Gasteiger partial charge in [-0.25, -0.2) is 4.39 Å². The highest BCUT2D eigenvalue weighted by Gasteiger charge is 2.19. The Morgan fingerprint density at radius 2 is 2.04 bits per heavy atom. The number of para-hydroxylation sites is 2. The molecule has 0 saturated heterocycles. The minimum absolute atomic E-state index is 0.0812. The van der Waals surface area contributed by atoms with Crippen molar-refractivity contribution in [1.82, 2.24) is 10.2 Å². The molecular formula is C18H16ClFN4O2S2. The second-order valence-electron chi connectivity index (χ2n) is 5.57. The summed E-state index contributed by atoms with van der Waals surface area (Å²) in [5, 5.41) is 14.2. The molecule has 0 aliphatic heterocycles. The Morgan fingerprint density at radius 3 is 2.79 bits per heavy atom. The van der Waals surface area contributed by atoms with Crippen molar-refractivity contribution in [3.63, 3.8) is 0 Å². The van der Waals surface area contributed by atoms with E-state index in [0.29, 0.717) is 15.2 Å². The minimum Gasteiger partial charge on any atom is -0.495 e. The van der Waals surface area contributed by atoms with Gasteiger partial charge in [-0.2, -0.15) is 0 Å². The van der Waals surface area contributed by atoms with Crippen molar-refractivity contribution in [2.75, 3.05) is 17.7 Å². The minimum atomic E-state index is -0.586. The molecule has 1 heterocycles. The zero-order valence-electron chi connectivity index (χ0n) is 14.9. The predicted molar refractivity (Wildman–Crippen MR) is 112 cm³/mol. The van der Waals surface area contributed by atoms with Gasteiger partial charge in [0.25, 0.3) is 0 Å². The standard InChI is InChI=1S/C18H16ClFN4O2S2/c1-10(16(25)21-13-8-7-11(19)9-12(13)20)27-18-24-23-17(28-18)22-14-5-3-4-6-15(14)26-2/h3-10H,1-2H3,(H,21,25)(H,22,23). The Hall–Kier alpha value is -2.36. The summed E-state index contributed by atoms with van der Waals surface area (Å²) in [7, 11) is 1.59. The molecule has 1 atom stereocenters. The zero-order valence-corrected chi connectivity index (χ0v) is 17.3. The van der Waals surface area contributed by atoms with Gasteiger partial charge in [0.15, 0.2) is 4.34 Å². The van der Waals surface area contributed by atoms with E-state index in [1.54, 1.807) is 14.0 Å². The van der Waals surface area contributed by atoms with E-state index in [1.807, 2.05) is 24.3 Å². The largest absolute Gasteiger partial charge is 0.495 e. The summed E-state index contributed by atoms with van der Waals surface area (Å²) in [6, 6.07) is 11.5. The molecule has 2 aromatic carbocycles. The molecule has 0 aliphatic rings. The average molecular weight is 439 g/mol. The molecule has 10 heteroatoms. The molecule has 0 spiro atoms. The fraction of sp³-hybridized carbons (Fsp3) is 0.167. The lowest BCUT2D eigenvalue weighted by molar-refractivity contribution is -0.115. The van der Waals surface area contributed by atoms with Gasteiger partial charge < -0.3 is 15.4 Å². The number of amides is 1. The van der Waals surface area contributed by atoms with Crippen LogP contribution in [0.3, 0.4) is 0 Å². The number of ether oxygens (including phenoxy) is 1. The van der Waals surface area contributed by atoms with Gasteiger partial charge in [0, 0.05) is 5.02 Å². The monoisotopic (exact) mass is 438 g/mol. The van der Waals surface area contributed by atoms with E-state index in [4.69, 9.17) is 16.3 Å². The number of aromatic nitrogens is 2. The molecule has 0 fully saturated rings. The average Bonchev–Trinajstić information content (AvgIpc) is 3.11. The quantitative estimate of drug-likeness (QED) is 0.493. The highest BCUT2D eigenvalue weighted by atomic mass is 35.5. The first-order valence-corrected chi connectivity index (χ1v) is 10.2. The second-order valence-corrected chi connectivity index (χ2v) is 8.57. The summed E-state index contributed by atoms with van der Waals surface area (Å²) in [5.41, 5.74) is 0.847. The number of anilines is 3. The van der Waals surface area contributed by atoms with Crippen molar-refractivity contribution in [3.05, 3.63) is 53.3 Å². The first-order chi connectivity index (χ1) is 13.5. The number of methoxy groups -OCH3 is 1. The van der Waals surface area contributed by atoms with Gasteiger partial charge in [-0.05, 0) is 37.3 Å². The highest BCUT2D eigenvalue weighted by molar-refractivity contribution is 8.02. The molecular weight excluding hydrogens is 423 g/mol. The van der Waals surface area contributed by atoms with E-state index in [2.05, 4.69) is 20.8 Å². The van der Waals surface area contributed by atoms with E-state index < -0.39 is 11.1 Å². The number of thioether (sulfide) groups is 1. The van der Waals surface area contributed by atoms with E-state index in [1.165, 1.54) is 35.2 Å².